The fraction of sp³-hybridized carbons (Fsp3) is 0.333. The Balaban J connectivity index is 1.95. The number of rotatable bonds is 7. The molecule has 2 atom stereocenters. The molecule has 0 aromatic heterocycles. The summed E-state index contributed by atoms with van der Waals surface area (Å²) in [5.74, 6) is -6.08. The summed E-state index contributed by atoms with van der Waals surface area (Å²) in [5, 5.41) is 3.73. The van der Waals surface area contributed by atoms with Gasteiger partial charge in [-0.15, -0.1) is 0 Å². The summed E-state index contributed by atoms with van der Waals surface area (Å²) < 4.78 is 97.5. The van der Waals surface area contributed by atoms with Gasteiger partial charge in [0.25, 0.3) is 5.91 Å². The van der Waals surface area contributed by atoms with E-state index in [1.165, 1.54) is 6.92 Å². The van der Waals surface area contributed by atoms with Gasteiger partial charge in [-0.05, 0) is 55.7 Å². The van der Waals surface area contributed by atoms with Gasteiger partial charge < -0.3 is 10.6 Å². The zero-order valence-electron chi connectivity index (χ0n) is 19.2. The van der Waals surface area contributed by atoms with E-state index in [1.807, 2.05) is 0 Å². The monoisotopic (exact) mass is 604 g/mol. The van der Waals surface area contributed by atoms with Gasteiger partial charge in [0.15, 0.2) is 0 Å². The van der Waals surface area contributed by atoms with Crippen LogP contribution in [0.25, 0.3) is 5.83 Å². The number of carbonyl (C=O) groups is 2. The lowest BCUT2D eigenvalue weighted by molar-refractivity contribution is -0.140. The minimum atomic E-state index is -5.16. The SMILES string of the molecule is C[C@@H](NC(=O)c1ccc(/C(F)=C/C(c2cc(Cl)c(Cl)c(Cl)c2)C(F)(F)F)cc1C(F)(F)F)NC(=O)C1CC1. The van der Waals surface area contributed by atoms with Gasteiger partial charge in [-0.3, -0.25) is 9.59 Å². The molecule has 0 bridgehead atoms. The van der Waals surface area contributed by atoms with E-state index in [9.17, 15) is 40.3 Å². The molecule has 1 fully saturated rings. The predicted octanol–water partition coefficient (Wildman–Crippen LogP) is 7.92. The van der Waals surface area contributed by atoms with E-state index in [0.717, 1.165) is 18.2 Å². The second-order valence-electron chi connectivity index (χ2n) is 8.57. The average Bonchev–Trinajstić information content (AvgIpc) is 3.64. The maximum Gasteiger partial charge on any atom is 0.417 e. The molecule has 2 N–H and O–H groups in total. The van der Waals surface area contributed by atoms with Crippen LogP contribution in [0.5, 0.6) is 0 Å². The average molecular weight is 606 g/mol. The number of alkyl halides is 6. The summed E-state index contributed by atoms with van der Waals surface area (Å²) in [7, 11) is 0. The van der Waals surface area contributed by atoms with Crippen molar-refractivity contribution in [2.45, 2.75) is 44.2 Å². The predicted molar refractivity (Wildman–Crippen MR) is 129 cm³/mol. The van der Waals surface area contributed by atoms with Crippen molar-refractivity contribution in [2.75, 3.05) is 0 Å². The van der Waals surface area contributed by atoms with Crippen molar-refractivity contribution in [3.8, 4) is 0 Å². The zero-order valence-corrected chi connectivity index (χ0v) is 21.5. The number of carbonyl (C=O) groups excluding carboxylic acids is 2. The van der Waals surface area contributed by atoms with Crippen LogP contribution in [0.4, 0.5) is 30.7 Å². The summed E-state index contributed by atoms with van der Waals surface area (Å²) in [6.07, 6.45) is -9.86. The van der Waals surface area contributed by atoms with E-state index in [2.05, 4.69) is 10.6 Å². The molecule has 2 aromatic rings. The number of allylic oxidation sites excluding steroid dienone is 1. The molecule has 0 saturated heterocycles. The number of amides is 2. The normalized spacial score (nSPS) is 16.1. The zero-order chi connectivity index (χ0) is 28.6. The number of benzene rings is 2. The largest absolute Gasteiger partial charge is 0.417 e. The summed E-state index contributed by atoms with van der Waals surface area (Å²) in [6.45, 7) is 1.34. The first kappa shape index (κ1) is 30.0. The van der Waals surface area contributed by atoms with Crippen molar-refractivity contribution in [3.05, 3.63) is 73.7 Å². The molecule has 4 nitrogen and oxygen atoms in total. The van der Waals surface area contributed by atoms with Crippen LogP contribution in [-0.4, -0.2) is 24.2 Å². The summed E-state index contributed by atoms with van der Waals surface area (Å²) in [4.78, 5) is 24.3. The lowest BCUT2D eigenvalue weighted by Crippen LogP contribution is -2.46. The second kappa shape index (κ2) is 11.3. The minimum Gasteiger partial charge on any atom is -0.336 e. The standard InChI is InChI=1S/C24H18Cl3F7N2O2/c1-10(35-21(37)11-2-3-11)36-22(38)14-5-4-12(6-16(14)24(32,33)34)19(28)9-15(23(29,30)31)13-7-17(25)20(27)18(26)8-13/h4-11,15H,2-3H2,1H3,(H,35,37)(H,36,38)/b19-9-/t10-,15?/m1/s1. The molecule has 0 heterocycles. The number of hydrogen-bond acceptors (Lipinski definition) is 2. The molecule has 2 amide bonds. The van der Waals surface area contributed by atoms with E-state index in [1.54, 1.807) is 0 Å². The molecule has 14 heteroatoms. The number of halogens is 10. The first-order valence-corrected chi connectivity index (χ1v) is 12.0. The lowest BCUT2D eigenvalue weighted by atomic mass is 9.95. The van der Waals surface area contributed by atoms with E-state index >= 15 is 0 Å². The molecule has 206 valence electrons. The third-order valence-corrected chi connectivity index (χ3v) is 6.73. The minimum absolute atomic E-state index is 0.0701. The van der Waals surface area contributed by atoms with Gasteiger partial charge in [0.1, 0.15) is 11.7 Å². The molecule has 1 saturated carbocycles. The van der Waals surface area contributed by atoms with Crippen LogP contribution >= 0.6 is 34.8 Å². The maximum absolute atomic E-state index is 15.0. The highest BCUT2D eigenvalue weighted by Crippen LogP contribution is 2.43. The smallest absolute Gasteiger partial charge is 0.336 e. The van der Waals surface area contributed by atoms with Crippen molar-refractivity contribution >= 4 is 52.4 Å². The lowest BCUT2D eigenvalue weighted by Gasteiger charge is -2.20. The molecule has 38 heavy (non-hydrogen) atoms. The van der Waals surface area contributed by atoms with Gasteiger partial charge in [0, 0.05) is 11.5 Å². The van der Waals surface area contributed by atoms with Crippen LogP contribution in [-0.2, 0) is 11.0 Å². The number of hydrogen-bond donors (Lipinski definition) is 2. The van der Waals surface area contributed by atoms with Crippen molar-refractivity contribution in [1.29, 1.82) is 0 Å². The van der Waals surface area contributed by atoms with Crippen molar-refractivity contribution in [2.24, 2.45) is 5.92 Å². The summed E-state index contributed by atoms with van der Waals surface area (Å²) >= 11 is 17.3. The van der Waals surface area contributed by atoms with Gasteiger partial charge in [-0.2, -0.15) is 26.3 Å². The summed E-state index contributed by atoms with van der Waals surface area (Å²) in [5.41, 5.74) is -3.95. The Bertz CT molecular complexity index is 1250. The van der Waals surface area contributed by atoms with Crippen molar-refractivity contribution in [1.82, 2.24) is 10.6 Å². The van der Waals surface area contributed by atoms with Gasteiger partial charge in [-0.1, -0.05) is 40.9 Å². The molecular weight excluding hydrogens is 588 g/mol. The van der Waals surface area contributed by atoms with Crippen molar-refractivity contribution in [3.63, 3.8) is 0 Å². The Morgan fingerprint density at radius 3 is 2.05 bits per heavy atom. The summed E-state index contributed by atoms with van der Waals surface area (Å²) in [6, 6.07) is 3.22. The van der Waals surface area contributed by atoms with Gasteiger partial charge >= 0.3 is 12.4 Å². The Hall–Kier alpha value is -2.50. The Morgan fingerprint density at radius 2 is 1.55 bits per heavy atom. The van der Waals surface area contributed by atoms with E-state index in [0.29, 0.717) is 18.9 Å². The van der Waals surface area contributed by atoms with Crippen LogP contribution in [0.3, 0.4) is 0 Å². The van der Waals surface area contributed by atoms with E-state index < -0.39 is 58.4 Å². The molecule has 0 aliphatic heterocycles. The third-order valence-electron chi connectivity index (χ3n) is 5.53. The fourth-order valence-corrected chi connectivity index (χ4v) is 4.10. The molecule has 1 aliphatic carbocycles. The topological polar surface area (TPSA) is 58.2 Å². The Labute approximate surface area is 227 Å². The molecular formula is C24H18Cl3F7N2O2. The molecule has 1 unspecified atom stereocenters. The van der Waals surface area contributed by atoms with E-state index in [4.69, 9.17) is 34.8 Å². The highest BCUT2D eigenvalue weighted by atomic mass is 35.5. The van der Waals surface area contributed by atoms with Crippen LogP contribution < -0.4 is 10.6 Å². The van der Waals surface area contributed by atoms with Gasteiger partial charge in [-0.25, -0.2) is 4.39 Å². The van der Waals surface area contributed by atoms with Crippen LogP contribution in [0.1, 0.15) is 52.7 Å². The quantitative estimate of drug-likeness (QED) is 0.191. The molecule has 0 spiro atoms. The fourth-order valence-electron chi connectivity index (χ4n) is 3.49. The molecule has 3 rings (SSSR count). The van der Waals surface area contributed by atoms with Gasteiger partial charge in [0.2, 0.25) is 5.91 Å². The maximum atomic E-state index is 15.0. The van der Waals surface area contributed by atoms with Gasteiger partial charge in [0.05, 0.1) is 32.4 Å². The Morgan fingerprint density at radius 1 is 0.974 bits per heavy atom. The highest BCUT2D eigenvalue weighted by Gasteiger charge is 2.41. The molecule has 2 aromatic carbocycles. The third kappa shape index (κ3) is 7.33. The van der Waals surface area contributed by atoms with E-state index in [-0.39, 0.29) is 39.0 Å². The van der Waals surface area contributed by atoms with Crippen LogP contribution in [0.15, 0.2) is 36.4 Å². The first-order valence-electron chi connectivity index (χ1n) is 10.9. The van der Waals surface area contributed by atoms with Crippen LogP contribution in [0, 0.1) is 5.92 Å². The molecule has 1 aliphatic rings. The Kier molecular flexibility index (Phi) is 8.95. The first-order chi connectivity index (χ1) is 17.5. The highest BCUT2D eigenvalue weighted by molar-refractivity contribution is 6.48. The molecule has 0 radical (unpaired) electrons. The van der Waals surface area contributed by atoms with Crippen molar-refractivity contribution < 1.29 is 40.3 Å². The second-order valence-corrected chi connectivity index (χ2v) is 9.76. The van der Waals surface area contributed by atoms with Crippen LogP contribution in [0.2, 0.25) is 15.1 Å². The number of nitrogens with one attached hydrogen (secondary N) is 2.